The maximum absolute atomic E-state index is 5.53. The molecule has 0 amide bonds. The van der Waals surface area contributed by atoms with E-state index in [1.165, 1.54) is 11.5 Å². The zero-order valence-electron chi connectivity index (χ0n) is 13.6. The average molecular weight is 325 g/mol. The molecule has 0 rings (SSSR count). The van der Waals surface area contributed by atoms with Gasteiger partial charge in [0.25, 0.3) is 0 Å². The van der Waals surface area contributed by atoms with Crippen LogP contribution in [-0.2, 0) is 9.47 Å². The summed E-state index contributed by atoms with van der Waals surface area (Å²) in [5, 5.41) is 0. The highest BCUT2D eigenvalue weighted by Gasteiger charge is 1.94. The molecule has 0 aromatic carbocycles. The first-order valence-electron chi connectivity index (χ1n) is 7.23. The molecule has 122 valence electrons. The second-order valence-electron chi connectivity index (χ2n) is 5.06. The van der Waals surface area contributed by atoms with Gasteiger partial charge in [-0.1, -0.05) is 0 Å². The number of rotatable bonds is 15. The third kappa shape index (κ3) is 18.5. The van der Waals surface area contributed by atoms with Gasteiger partial charge in [0.1, 0.15) is 0 Å². The lowest BCUT2D eigenvalue weighted by Gasteiger charge is -2.09. The molecule has 0 aliphatic heterocycles. The minimum absolute atomic E-state index is 0.719. The van der Waals surface area contributed by atoms with Gasteiger partial charge in [-0.15, -0.1) is 0 Å². The highest BCUT2D eigenvalue weighted by molar-refractivity contribution is 7.99. The van der Waals surface area contributed by atoms with Gasteiger partial charge in [-0.25, -0.2) is 0 Å². The molecule has 0 aromatic heterocycles. The molecule has 0 saturated carbocycles. The van der Waals surface area contributed by atoms with E-state index in [1.54, 1.807) is 0 Å². The predicted octanol–water partition coefficient (Wildman–Crippen LogP) is 1.61. The molecule has 4 nitrogen and oxygen atoms in total. The van der Waals surface area contributed by atoms with Crippen molar-refractivity contribution in [3.05, 3.63) is 0 Å². The van der Waals surface area contributed by atoms with Gasteiger partial charge in [0.05, 0.1) is 26.4 Å². The SMILES string of the molecule is CN(C)CCSCCOCCOCCSCCN(C)C. The van der Waals surface area contributed by atoms with Crippen LogP contribution in [0.1, 0.15) is 0 Å². The molecule has 0 radical (unpaired) electrons. The first-order valence-corrected chi connectivity index (χ1v) is 9.54. The van der Waals surface area contributed by atoms with Crippen molar-refractivity contribution < 1.29 is 9.47 Å². The highest BCUT2D eigenvalue weighted by Crippen LogP contribution is 2.00. The number of ether oxygens (including phenoxy) is 2. The Morgan fingerprint density at radius 3 is 1.35 bits per heavy atom. The topological polar surface area (TPSA) is 24.9 Å². The summed E-state index contributed by atoms with van der Waals surface area (Å²) < 4.78 is 11.1. The molecular weight excluding hydrogens is 292 g/mol. The molecule has 0 saturated heterocycles. The second-order valence-corrected chi connectivity index (χ2v) is 7.51. The Morgan fingerprint density at radius 2 is 1.00 bits per heavy atom. The molecule has 0 unspecified atom stereocenters. The summed E-state index contributed by atoms with van der Waals surface area (Å²) in [6.45, 7) is 5.38. The molecule has 0 atom stereocenters. The molecule has 0 bridgehead atoms. The lowest BCUT2D eigenvalue weighted by atomic mass is 10.7. The Morgan fingerprint density at radius 1 is 0.600 bits per heavy atom. The van der Waals surface area contributed by atoms with Crippen molar-refractivity contribution in [2.45, 2.75) is 0 Å². The first-order chi connectivity index (χ1) is 9.63. The van der Waals surface area contributed by atoms with Gasteiger partial charge in [0.2, 0.25) is 0 Å². The normalized spacial score (nSPS) is 11.7. The van der Waals surface area contributed by atoms with Crippen molar-refractivity contribution in [2.75, 3.05) is 90.7 Å². The summed E-state index contributed by atoms with van der Waals surface area (Å²) >= 11 is 3.89. The van der Waals surface area contributed by atoms with E-state index >= 15 is 0 Å². The minimum atomic E-state index is 0.719. The van der Waals surface area contributed by atoms with E-state index in [2.05, 4.69) is 38.0 Å². The number of hydrogen-bond acceptors (Lipinski definition) is 6. The van der Waals surface area contributed by atoms with Crippen LogP contribution in [0.4, 0.5) is 0 Å². The van der Waals surface area contributed by atoms with Gasteiger partial charge in [-0.3, -0.25) is 0 Å². The van der Waals surface area contributed by atoms with Crippen LogP contribution in [0.2, 0.25) is 0 Å². The van der Waals surface area contributed by atoms with Crippen LogP contribution in [0.15, 0.2) is 0 Å². The average Bonchev–Trinajstić information content (AvgIpc) is 2.38. The van der Waals surface area contributed by atoms with Crippen LogP contribution >= 0.6 is 23.5 Å². The first kappa shape index (κ1) is 20.5. The molecule has 0 spiro atoms. The fourth-order valence-corrected chi connectivity index (χ4v) is 3.12. The van der Waals surface area contributed by atoms with Crippen molar-refractivity contribution in [3.63, 3.8) is 0 Å². The monoisotopic (exact) mass is 324 g/mol. The van der Waals surface area contributed by atoms with E-state index in [4.69, 9.17) is 9.47 Å². The second kappa shape index (κ2) is 15.9. The maximum atomic E-state index is 5.53. The molecule has 0 fully saturated rings. The number of hydrogen-bond donors (Lipinski definition) is 0. The van der Waals surface area contributed by atoms with Gasteiger partial charge < -0.3 is 19.3 Å². The molecule has 0 aromatic rings. The lowest BCUT2D eigenvalue weighted by Crippen LogP contribution is -2.16. The molecule has 6 heteroatoms. The van der Waals surface area contributed by atoms with Crippen molar-refractivity contribution in [1.29, 1.82) is 0 Å². The Bertz CT molecular complexity index is 176. The highest BCUT2D eigenvalue weighted by atomic mass is 32.2. The third-order valence-corrected chi connectivity index (χ3v) is 4.33. The van der Waals surface area contributed by atoms with E-state index in [0.717, 1.165) is 51.0 Å². The zero-order chi connectivity index (χ0) is 15.1. The van der Waals surface area contributed by atoms with Crippen molar-refractivity contribution >= 4 is 23.5 Å². The summed E-state index contributed by atoms with van der Waals surface area (Å²) in [5.74, 6) is 4.51. The smallest absolute Gasteiger partial charge is 0.0700 e. The van der Waals surface area contributed by atoms with E-state index < -0.39 is 0 Å². The minimum Gasteiger partial charge on any atom is -0.378 e. The van der Waals surface area contributed by atoms with Crippen molar-refractivity contribution in [3.8, 4) is 0 Å². The van der Waals surface area contributed by atoms with Crippen LogP contribution in [0, 0.1) is 0 Å². The van der Waals surface area contributed by atoms with Crippen molar-refractivity contribution in [1.82, 2.24) is 9.80 Å². The van der Waals surface area contributed by atoms with Crippen LogP contribution in [0.25, 0.3) is 0 Å². The Labute approximate surface area is 133 Å². The fraction of sp³-hybridized carbons (Fsp3) is 1.00. The summed E-state index contributed by atoms with van der Waals surface area (Å²) in [4.78, 5) is 4.41. The fourth-order valence-electron chi connectivity index (χ4n) is 1.26. The van der Waals surface area contributed by atoms with Crippen LogP contribution in [0.3, 0.4) is 0 Å². The van der Waals surface area contributed by atoms with E-state index in [1.807, 2.05) is 23.5 Å². The summed E-state index contributed by atoms with van der Waals surface area (Å²) in [5.41, 5.74) is 0. The molecule has 0 heterocycles. The summed E-state index contributed by atoms with van der Waals surface area (Å²) in [6, 6.07) is 0. The predicted molar refractivity (Wildman–Crippen MR) is 93.4 cm³/mol. The standard InChI is InChI=1S/C14H32N2O2S2/c1-15(2)5-11-19-13-9-17-7-8-18-10-14-20-12-6-16(3)4/h5-14H2,1-4H3. The zero-order valence-corrected chi connectivity index (χ0v) is 15.2. The van der Waals surface area contributed by atoms with Crippen LogP contribution in [0.5, 0.6) is 0 Å². The Balaban J connectivity index is 2.96. The Hall–Kier alpha value is 0.540. The molecular formula is C14H32N2O2S2. The van der Waals surface area contributed by atoms with Crippen LogP contribution < -0.4 is 0 Å². The number of nitrogens with zero attached hydrogens (tertiary/aromatic N) is 2. The Kier molecular flexibility index (Phi) is 16.3. The van der Waals surface area contributed by atoms with Gasteiger partial charge in [-0.2, -0.15) is 23.5 Å². The third-order valence-electron chi connectivity index (χ3n) is 2.48. The molecule has 20 heavy (non-hydrogen) atoms. The summed E-state index contributed by atoms with van der Waals surface area (Å²) in [7, 11) is 8.42. The lowest BCUT2D eigenvalue weighted by molar-refractivity contribution is 0.0605. The van der Waals surface area contributed by atoms with E-state index in [9.17, 15) is 0 Å². The molecule has 0 aliphatic rings. The summed E-state index contributed by atoms with van der Waals surface area (Å²) in [6.07, 6.45) is 0. The van der Waals surface area contributed by atoms with Gasteiger partial charge in [-0.05, 0) is 28.2 Å². The van der Waals surface area contributed by atoms with Gasteiger partial charge in [0, 0.05) is 36.1 Å². The maximum Gasteiger partial charge on any atom is 0.0700 e. The molecule has 0 N–H and O–H groups in total. The van der Waals surface area contributed by atoms with Gasteiger partial charge in [0.15, 0.2) is 0 Å². The van der Waals surface area contributed by atoms with Crippen molar-refractivity contribution in [2.24, 2.45) is 0 Å². The van der Waals surface area contributed by atoms with E-state index in [-0.39, 0.29) is 0 Å². The largest absolute Gasteiger partial charge is 0.378 e. The molecule has 0 aliphatic carbocycles. The quantitative estimate of drug-likeness (QED) is 0.425. The number of thioether (sulfide) groups is 2. The van der Waals surface area contributed by atoms with Crippen LogP contribution in [-0.4, -0.2) is 101 Å². The van der Waals surface area contributed by atoms with Gasteiger partial charge >= 0.3 is 0 Å². The van der Waals surface area contributed by atoms with E-state index in [0.29, 0.717) is 0 Å².